The van der Waals surface area contributed by atoms with Crippen molar-refractivity contribution in [1.82, 2.24) is 40.6 Å². The fourth-order valence-corrected chi connectivity index (χ4v) is 8.94. The van der Waals surface area contributed by atoms with Crippen LogP contribution in [0.3, 0.4) is 0 Å². The number of aromatic nitrogens is 4. The summed E-state index contributed by atoms with van der Waals surface area (Å²) in [5.74, 6) is -0.421. The van der Waals surface area contributed by atoms with Crippen molar-refractivity contribution in [2.45, 2.75) is 109 Å². The first-order valence-corrected chi connectivity index (χ1v) is 21.8. The van der Waals surface area contributed by atoms with Gasteiger partial charge in [-0.3, -0.25) is 19.2 Å². The molecule has 0 unspecified atom stereocenters. The van der Waals surface area contributed by atoms with Gasteiger partial charge in [0.25, 0.3) is 0 Å². The fraction of sp³-hybridized carbons (Fsp3) is 0.444. The lowest BCUT2D eigenvalue weighted by atomic mass is 9.95. The third-order valence-corrected chi connectivity index (χ3v) is 12.7. The average molecular weight is 835 g/mol. The van der Waals surface area contributed by atoms with Gasteiger partial charge in [-0.05, 0) is 69.0 Å². The number of carbonyl (C=O) groups excluding carboxylic acids is 4. The summed E-state index contributed by atoms with van der Waals surface area (Å²) in [5.41, 5.74) is 7.71. The van der Waals surface area contributed by atoms with Gasteiger partial charge < -0.3 is 35.6 Å². The molecule has 7 rings (SSSR count). The number of aryl methyl sites for hydroxylation is 1. The van der Waals surface area contributed by atoms with Gasteiger partial charge in [-0.2, -0.15) is 0 Å². The number of hydrogen-bond donors (Lipinski definition) is 5. The highest BCUT2D eigenvalue weighted by molar-refractivity contribution is 7.13. The predicted molar refractivity (Wildman–Crippen MR) is 230 cm³/mol. The van der Waals surface area contributed by atoms with Crippen LogP contribution >= 0.6 is 11.3 Å². The fourth-order valence-electron chi connectivity index (χ4n) is 8.13. The van der Waals surface area contributed by atoms with Crippen LogP contribution < -0.4 is 10.6 Å². The number of phenols is 1. The van der Waals surface area contributed by atoms with Gasteiger partial charge in [-0.1, -0.05) is 62.1 Å². The molecule has 5 heterocycles. The van der Waals surface area contributed by atoms with Crippen LogP contribution in [0, 0.1) is 6.92 Å². The Labute approximate surface area is 353 Å². The zero-order valence-electron chi connectivity index (χ0n) is 34.4. The molecule has 2 aromatic carbocycles. The van der Waals surface area contributed by atoms with Crippen LogP contribution in [-0.4, -0.2) is 102 Å². The first kappa shape index (κ1) is 42.5. The van der Waals surface area contributed by atoms with E-state index in [1.807, 2.05) is 60.7 Å². The Hall–Kier alpha value is -5.67. The van der Waals surface area contributed by atoms with E-state index in [-0.39, 0.29) is 48.4 Å². The Morgan fingerprint density at radius 2 is 1.62 bits per heavy atom. The van der Waals surface area contributed by atoms with Gasteiger partial charge in [-0.15, -0.1) is 21.5 Å². The second-order valence-electron chi connectivity index (χ2n) is 16.2. The van der Waals surface area contributed by atoms with E-state index < -0.39 is 24.1 Å². The van der Waals surface area contributed by atoms with E-state index in [4.69, 9.17) is 0 Å². The van der Waals surface area contributed by atoms with Gasteiger partial charge in [0.15, 0.2) is 5.65 Å². The summed E-state index contributed by atoms with van der Waals surface area (Å²) in [6.07, 6.45) is 5.35. The monoisotopic (exact) mass is 834 g/mol. The number of nitrogens with zero attached hydrogens (tertiary/aromatic N) is 5. The lowest BCUT2D eigenvalue weighted by Gasteiger charge is -2.39. The van der Waals surface area contributed by atoms with Crippen LogP contribution in [0.5, 0.6) is 5.75 Å². The van der Waals surface area contributed by atoms with Crippen LogP contribution in [0.2, 0.25) is 0 Å². The van der Waals surface area contributed by atoms with E-state index in [9.17, 15) is 29.4 Å². The molecule has 2 aliphatic rings. The minimum atomic E-state index is -0.835. The first-order chi connectivity index (χ1) is 28.9. The number of amides is 4. The van der Waals surface area contributed by atoms with Gasteiger partial charge in [0.1, 0.15) is 17.8 Å². The first-order valence-electron chi connectivity index (χ1n) is 21.0. The second-order valence-corrected chi connectivity index (χ2v) is 17.1. The standard InChI is InChI=1S/C45H54N8O6S/c1-27(30-16-18-31(19-17-30)42-28(2)46-26-60-42)48-44(58)38-22-34(54)25-53(38)45(59)29(3)47-40(56)14-8-6-4-5-7-9-15-41(57)52-23-33(24-52)36-20-32-21-37(50-51-43(32)49-36)35-12-10-11-13-39(35)55/h10-13,16-21,26-27,29,33-34,38,54-55H,4-9,14-15,22-25H2,1-3H3,(H,47,56)(H,48,58)(H,49,51)/t27-,29-,34+,38-/m0/s1. The van der Waals surface area contributed by atoms with Crippen LogP contribution in [0.15, 0.2) is 66.2 Å². The number of thiazole rings is 1. The quantitative estimate of drug-likeness (QED) is 0.0683. The molecule has 5 aromatic rings. The molecule has 0 radical (unpaired) electrons. The maximum atomic E-state index is 13.4. The molecule has 316 valence electrons. The number of aromatic amines is 1. The third-order valence-electron chi connectivity index (χ3n) is 11.7. The number of β-amino-alcohol motifs (C(OH)–C–C–N with tert-alkyl or cyclic N) is 1. The molecule has 2 fully saturated rings. The van der Waals surface area contributed by atoms with Crippen LogP contribution in [-0.2, 0) is 19.2 Å². The molecule has 60 heavy (non-hydrogen) atoms. The zero-order chi connectivity index (χ0) is 42.3. The lowest BCUT2D eigenvalue weighted by Crippen LogP contribution is -2.52. The molecule has 0 aliphatic carbocycles. The number of nitrogens with one attached hydrogen (secondary N) is 3. The minimum absolute atomic E-state index is 0.0317. The molecule has 4 atom stereocenters. The number of hydrogen-bond acceptors (Lipinski definition) is 10. The summed E-state index contributed by atoms with van der Waals surface area (Å²) >= 11 is 1.58. The van der Waals surface area contributed by atoms with Gasteiger partial charge in [0, 0.05) is 61.5 Å². The maximum Gasteiger partial charge on any atom is 0.245 e. The number of fused-ring (bicyclic) bond motifs is 1. The number of aliphatic hydroxyl groups is 1. The van der Waals surface area contributed by atoms with E-state index in [1.165, 1.54) is 4.90 Å². The van der Waals surface area contributed by atoms with Crippen LogP contribution in [0.1, 0.15) is 101 Å². The summed E-state index contributed by atoms with van der Waals surface area (Å²) < 4.78 is 0. The van der Waals surface area contributed by atoms with Gasteiger partial charge in [-0.25, -0.2) is 4.98 Å². The second kappa shape index (κ2) is 19.1. The molecular formula is C45H54N8O6S. The maximum absolute atomic E-state index is 13.4. The molecule has 0 saturated carbocycles. The van der Waals surface area contributed by atoms with E-state index in [0.29, 0.717) is 49.3 Å². The highest BCUT2D eigenvalue weighted by Gasteiger charge is 2.41. The topological polar surface area (TPSA) is 194 Å². The molecule has 14 nitrogen and oxygen atoms in total. The normalized spacial score (nSPS) is 17.7. The molecule has 0 bridgehead atoms. The number of rotatable bonds is 17. The minimum Gasteiger partial charge on any atom is -0.507 e. The van der Waals surface area contributed by atoms with Crippen molar-refractivity contribution in [2.75, 3.05) is 19.6 Å². The number of H-pyrrole nitrogens is 1. The zero-order valence-corrected chi connectivity index (χ0v) is 35.2. The van der Waals surface area contributed by atoms with Crippen molar-refractivity contribution in [1.29, 1.82) is 0 Å². The largest absolute Gasteiger partial charge is 0.507 e. The summed E-state index contributed by atoms with van der Waals surface area (Å²) in [4.78, 5) is 64.4. The Balaban J connectivity index is 0.753. The van der Waals surface area contributed by atoms with Crippen LogP contribution in [0.4, 0.5) is 0 Å². The third kappa shape index (κ3) is 10.0. The van der Waals surface area contributed by atoms with Crippen LogP contribution in [0.25, 0.3) is 32.7 Å². The summed E-state index contributed by atoms with van der Waals surface area (Å²) in [6, 6.07) is 17.0. The molecular weight excluding hydrogens is 781 g/mol. The Bertz CT molecular complexity index is 2300. The highest BCUT2D eigenvalue weighted by Crippen LogP contribution is 2.33. The van der Waals surface area contributed by atoms with Gasteiger partial charge in [0.05, 0.1) is 33.9 Å². The number of aromatic hydroxyl groups is 1. The number of unbranched alkanes of at least 4 members (excludes halogenated alkanes) is 5. The Morgan fingerprint density at radius 3 is 2.33 bits per heavy atom. The molecule has 15 heteroatoms. The van der Waals surface area contributed by atoms with E-state index in [1.54, 1.807) is 36.5 Å². The number of likely N-dealkylation sites (tertiary alicyclic amines) is 2. The molecule has 4 amide bonds. The van der Waals surface area contributed by atoms with Crippen molar-refractivity contribution in [3.63, 3.8) is 0 Å². The Kier molecular flexibility index (Phi) is 13.5. The SMILES string of the molecule is Cc1ncsc1-c1ccc([C@H](C)NC(=O)[C@@H]2C[C@@H](O)CN2C(=O)[C@H](C)NC(=O)CCCCCCCCC(=O)N2CC(c3cc4cc(-c5ccccc5O)nnc4[nH]3)C2)cc1. The summed E-state index contributed by atoms with van der Waals surface area (Å²) in [5, 5.41) is 35.9. The number of phenolic OH excluding ortho intramolecular Hbond substituents is 1. The molecule has 3 aromatic heterocycles. The van der Waals surface area contributed by atoms with E-state index >= 15 is 0 Å². The van der Waals surface area contributed by atoms with Gasteiger partial charge >= 0.3 is 0 Å². The smallest absolute Gasteiger partial charge is 0.245 e. The summed E-state index contributed by atoms with van der Waals surface area (Å²) in [6.45, 7) is 6.83. The van der Waals surface area contributed by atoms with Crippen molar-refractivity contribution in [2.24, 2.45) is 0 Å². The van der Waals surface area contributed by atoms with Crippen molar-refractivity contribution < 1.29 is 29.4 Å². The lowest BCUT2D eigenvalue weighted by molar-refractivity contribution is -0.141. The highest BCUT2D eigenvalue weighted by atomic mass is 32.1. The van der Waals surface area contributed by atoms with Crippen molar-refractivity contribution in [3.05, 3.63) is 83.1 Å². The van der Waals surface area contributed by atoms with E-state index in [2.05, 4.69) is 36.9 Å². The molecule has 5 N–H and O–H groups in total. The van der Waals surface area contributed by atoms with Crippen molar-refractivity contribution in [3.8, 4) is 27.4 Å². The molecule has 2 saturated heterocycles. The average Bonchev–Trinajstić information content (AvgIpc) is 3.95. The van der Waals surface area contributed by atoms with Gasteiger partial charge in [0.2, 0.25) is 23.6 Å². The van der Waals surface area contributed by atoms with Crippen molar-refractivity contribution >= 4 is 46.0 Å². The number of para-hydroxylation sites is 1. The van der Waals surface area contributed by atoms with E-state index in [0.717, 1.165) is 64.9 Å². The number of benzene rings is 2. The molecule has 2 aliphatic heterocycles. The number of carbonyl (C=O) groups is 4. The molecule has 0 spiro atoms. The Morgan fingerprint density at radius 1 is 0.900 bits per heavy atom. The predicted octanol–water partition coefficient (Wildman–Crippen LogP) is 6.15. The number of aliphatic hydroxyl groups excluding tert-OH is 1. The summed E-state index contributed by atoms with van der Waals surface area (Å²) in [7, 11) is 0.